The van der Waals surface area contributed by atoms with Gasteiger partial charge in [-0.2, -0.15) is 0 Å². The number of ketones is 1. The number of likely N-dealkylation sites (tertiary alicyclic amines) is 2. The quantitative estimate of drug-likeness (QED) is 0.141. The van der Waals surface area contributed by atoms with E-state index in [1.807, 2.05) is 24.3 Å². The summed E-state index contributed by atoms with van der Waals surface area (Å²) in [7, 11) is 3.54. The van der Waals surface area contributed by atoms with Crippen molar-refractivity contribution in [3.8, 4) is 28.4 Å². The van der Waals surface area contributed by atoms with Crippen LogP contribution in [0.1, 0.15) is 110 Å². The maximum Gasteiger partial charge on any atom is 0.200 e. The fourth-order valence-electron chi connectivity index (χ4n) is 12.3. The van der Waals surface area contributed by atoms with Gasteiger partial charge >= 0.3 is 0 Å². The van der Waals surface area contributed by atoms with Crippen LogP contribution < -0.4 is 14.2 Å². The van der Waals surface area contributed by atoms with E-state index in [2.05, 4.69) is 52.3 Å². The molecule has 4 aliphatic carbocycles. The fraction of sp³-hybridized carbons (Fsp3) is 0.519. The Labute approximate surface area is 351 Å². The van der Waals surface area contributed by atoms with Crippen molar-refractivity contribution in [1.82, 2.24) is 9.80 Å². The third-order valence-corrected chi connectivity index (χ3v) is 15.4. The molecule has 4 aromatic carbocycles. The van der Waals surface area contributed by atoms with Crippen LogP contribution in [0.2, 0.25) is 0 Å². The first-order valence-corrected chi connectivity index (χ1v) is 22.7. The number of fused-ring (bicyclic) bond motifs is 4. The minimum atomic E-state index is -0.338. The van der Waals surface area contributed by atoms with Gasteiger partial charge in [-0.15, -0.1) is 0 Å². The molecule has 2 heterocycles. The fourth-order valence-corrected chi connectivity index (χ4v) is 12.3. The standard InChI is InChI=1S/C26H30FNO2.C26H33NO2/c27-22-9-7-20(8-10-22)25(29)17-30-26-4-2-1-3-23(26)19-11-13-28(14-12-19)24-16-18-5-6-21(24)15-18;1-28-25-6-4-3-5-22(25)20-9-10-26(29-2)23(17-20)19-11-13-27(14-12-19)24-16-18-7-8-21(24)15-18/h1-4,7-10,18-19,21,24H,5-6,11-17H2;3-6,9-10,17-19,21,24H,7-8,11-16H2,1-2H3/t2*18-,21-,24-/m00/s1. The van der Waals surface area contributed by atoms with Crippen LogP contribution >= 0.6 is 0 Å². The lowest BCUT2D eigenvalue weighted by Crippen LogP contribution is -2.43. The van der Waals surface area contributed by atoms with Crippen molar-refractivity contribution in [3.05, 3.63) is 114 Å². The Hall–Kier alpha value is -4.20. The minimum absolute atomic E-state index is 0.0212. The topological polar surface area (TPSA) is 51.2 Å². The maximum atomic E-state index is 13.1. The van der Waals surface area contributed by atoms with Gasteiger partial charge in [-0.3, -0.25) is 4.79 Å². The van der Waals surface area contributed by atoms with Gasteiger partial charge in [-0.25, -0.2) is 4.39 Å². The highest BCUT2D eigenvalue weighted by Crippen LogP contribution is 2.49. The molecule has 4 aromatic rings. The van der Waals surface area contributed by atoms with E-state index in [4.69, 9.17) is 14.2 Å². The van der Waals surface area contributed by atoms with Gasteiger partial charge in [0.25, 0.3) is 0 Å². The van der Waals surface area contributed by atoms with Crippen LogP contribution in [0.3, 0.4) is 0 Å². The van der Waals surface area contributed by atoms with Crippen LogP contribution in [-0.2, 0) is 0 Å². The van der Waals surface area contributed by atoms with Crippen molar-refractivity contribution in [2.24, 2.45) is 23.7 Å². The van der Waals surface area contributed by atoms with E-state index in [0.717, 1.165) is 71.4 Å². The molecule has 6 nitrogen and oxygen atoms in total. The van der Waals surface area contributed by atoms with Crippen molar-refractivity contribution in [2.45, 2.75) is 101 Å². The Morgan fingerprint density at radius 3 is 1.71 bits per heavy atom. The number of ether oxygens (including phenoxy) is 3. The molecule has 7 heteroatoms. The number of rotatable bonds is 11. The molecule has 0 radical (unpaired) electrons. The van der Waals surface area contributed by atoms with Crippen LogP contribution in [0.4, 0.5) is 4.39 Å². The van der Waals surface area contributed by atoms with Gasteiger partial charge in [0.2, 0.25) is 0 Å². The second-order valence-corrected chi connectivity index (χ2v) is 18.5. The molecule has 0 unspecified atom stereocenters. The third kappa shape index (κ3) is 8.84. The normalized spacial score (nSPS) is 27.0. The van der Waals surface area contributed by atoms with E-state index in [1.54, 1.807) is 14.2 Å². The number of carbonyl (C=O) groups excluding carboxylic acids is 1. The Bertz CT molecular complexity index is 2040. The van der Waals surface area contributed by atoms with Crippen molar-refractivity contribution >= 4 is 5.78 Å². The number of Topliss-reactive ketones (excluding diaryl/α,β-unsaturated/α-hetero) is 1. The highest BCUT2D eigenvalue weighted by atomic mass is 19.1. The predicted molar refractivity (Wildman–Crippen MR) is 233 cm³/mol. The van der Waals surface area contributed by atoms with Crippen molar-refractivity contribution in [3.63, 3.8) is 0 Å². The number of benzene rings is 4. The molecule has 2 aliphatic heterocycles. The molecular formula is C52H63FN2O4. The van der Waals surface area contributed by atoms with E-state index >= 15 is 0 Å². The summed E-state index contributed by atoms with van der Waals surface area (Å²) in [6.45, 7) is 4.79. The molecule has 312 valence electrons. The van der Waals surface area contributed by atoms with Gasteiger partial charge in [0.1, 0.15) is 23.1 Å². The Morgan fingerprint density at radius 1 is 0.593 bits per heavy atom. The molecule has 6 aliphatic rings. The largest absolute Gasteiger partial charge is 0.496 e. The summed E-state index contributed by atoms with van der Waals surface area (Å²) in [5.74, 6) is 7.31. The van der Waals surface area contributed by atoms with Crippen LogP contribution in [0.15, 0.2) is 91.0 Å². The maximum absolute atomic E-state index is 13.1. The monoisotopic (exact) mass is 798 g/mol. The molecule has 4 bridgehead atoms. The molecule has 6 atom stereocenters. The third-order valence-electron chi connectivity index (χ3n) is 15.4. The van der Waals surface area contributed by atoms with E-state index in [1.165, 1.54) is 131 Å². The van der Waals surface area contributed by atoms with Crippen molar-refractivity contribution < 1.29 is 23.4 Å². The summed E-state index contributed by atoms with van der Waals surface area (Å²) < 4.78 is 30.4. The van der Waals surface area contributed by atoms with Crippen LogP contribution in [-0.4, -0.2) is 74.7 Å². The smallest absolute Gasteiger partial charge is 0.200 e. The Kier molecular flexibility index (Phi) is 12.4. The Morgan fingerprint density at radius 2 is 1.15 bits per heavy atom. The lowest BCUT2D eigenvalue weighted by molar-refractivity contribution is 0.0917. The number of hydrogen-bond donors (Lipinski definition) is 0. The van der Waals surface area contributed by atoms with Crippen LogP contribution in [0.25, 0.3) is 11.1 Å². The molecule has 0 amide bonds. The van der Waals surface area contributed by atoms with Gasteiger partial charge in [-0.05, 0) is 191 Å². The summed E-state index contributed by atoms with van der Waals surface area (Å²) in [5.41, 5.74) is 5.43. The van der Waals surface area contributed by atoms with E-state index in [0.29, 0.717) is 17.4 Å². The van der Waals surface area contributed by atoms with Gasteiger partial charge in [0.15, 0.2) is 12.4 Å². The van der Waals surface area contributed by atoms with Crippen LogP contribution in [0, 0.1) is 29.5 Å². The molecular weight excluding hydrogens is 736 g/mol. The summed E-state index contributed by atoms with van der Waals surface area (Å²) >= 11 is 0. The summed E-state index contributed by atoms with van der Waals surface area (Å²) in [4.78, 5) is 18.0. The van der Waals surface area contributed by atoms with Crippen molar-refractivity contribution in [1.29, 1.82) is 0 Å². The first-order chi connectivity index (χ1) is 28.9. The zero-order chi connectivity index (χ0) is 40.3. The molecule has 10 rings (SSSR count). The lowest BCUT2D eigenvalue weighted by Gasteiger charge is -2.40. The predicted octanol–water partition coefficient (Wildman–Crippen LogP) is 11.2. The molecule has 4 saturated carbocycles. The average Bonchev–Trinajstić information content (AvgIpc) is 4.14. The summed E-state index contributed by atoms with van der Waals surface area (Å²) in [6, 6.07) is 30.4. The zero-order valence-corrected chi connectivity index (χ0v) is 35.2. The van der Waals surface area contributed by atoms with E-state index in [9.17, 15) is 9.18 Å². The second kappa shape index (κ2) is 18.2. The number of para-hydroxylation sites is 2. The average molecular weight is 799 g/mol. The number of halogens is 1. The highest BCUT2D eigenvalue weighted by Gasteiger charge is 2.44. The van der Waals surface area contributed by atoms with Crippen molar-refractivity contribution in [2.75, 3.05) is 47.0 Å². The molecule has 59 heavy (non-hydrogen) atoms. The number of nitrogens with zero attached hydrogens (tertiary/aromatic N) is 2. The second-order valence-electron chi connectivity index (χ2n) is 18.5. The first kappa shape index (κ1) is 40.2. The molecule has 0 aromatic heterocycles. The molecule has 0 N–H and O–H groups in total. The molecule has 0 spiro atoms. The summed E-state index contributed by atoms with van der Waals surface area (Å²) in [6.07, 6.45) is 16.5. The number of piperidine rings is 2. The Balaban J connectivity index is 0.000000152. The van der Waals surface area contributed by atoms with Gasteiger partial charge in [0.05, 0.1) is 14.2 Å². The molecule has 2 saturated heterocycles. The molecule has 6 fully saturated rings. The van der Waals surface area contributed by atoms with Gasteiger partial charge < -0.3 is 24.0 Å². The number of carbonyl (C=O) groups is 1. The zero-order valence-electron chi connectivity index (χ0n) is 35.2. The van der Waals surface area contributed by atoms with Gasteiger partial charge in [0, 0.05) is 23.2 Å². The van der Waals surface area contributed by atoms with Gasteiger partial charge in [-0.1, -0.05) is 55.3 Å². The highest BCUT2D eigenvalue weighted by molar-refractivity contribution is 5.97. The number of hydrogen-bond acceptors (Lipinski definition) is 6. The lowest BCUT2D eigenvalue weighted by atomic mass is 9.85. The van der Waals surface area contributed by atoms with Crippen LogP contribution in [0.5, 0.6) is 17.2 Å². The van der Waals surface area contributed by atoms with E-state index in [-0.39, 0.29) is 18.2 Å². The SMILES string of the molecule is COc1ccccc1-c1ccc(OC)c(C2CCN([C@H]3C[C@H]4CC[C@H]3C4)CC2)c1.O=C(COc1ccccc1C1CCN([C@H]2C[C@H]3CC[C@H]2C3)CC1)c1ccc(F)cc1. The minimum Gasteiger partial charge on any atom is -0.496 e. The first-order valence-electron chi connectivity index (χ1n) is 22.7. The van der Waals surface area contributed by atoms with E-state index < -0.39 is 0 Å². The number of methoxy groups -OCH3 is 2. The summed E-state index contributed by atoms with van der Waals surface area (Å²) in [5, 5.41) is 0.